The van der Waals surface area contributed by atoms with E-state index in [4.69, 9.17) is 9.47 Å². The zero-order valence-electron chi connectivity index (χ0n) is 14.3. The van der Waals surface area contributed by atoms with Crippen LogP contribution < -0.4 is 4.74 Å². The van der Waals surface area contributed by atoms with Crippen LogP contribution in [0.5, 0.6) is 5.75 Å². The predicted molar refractivity (Wildman–Crippen MR) is 90.7 cm³/mol. The predicted octanol–water partition coefficient (Wildman–Crippen LogP) is 2.10. The van der Waals surface area contributed by atoms with Crippen LogP contribution in [-0.4, -0.2) is 52.5 Å². The second-order valence-electron chi connectivity index (χ2n) is 6.27. The molecule has 1 aromatic heterocycles. The topological polar surface area (TPSA) is 56.6 Å². The van der Waals surface area contributed by atoms with Crippen LogP contribution in [0.15, 0.2) is 36.7 Å². The Morgan fingerprint density at radius 3 is 2.46 bits per heavy atom. The molecule has 1 aliphatic rings. The van der Waals surface area contributed by atoms with Gasteiger partial charge < -0.3 is 14.4 Å². The number of carbonyl (C=O) groups excluding carboxylic acids is 1. The van der Waals surface area contributed by atoms with Gasteiger partial charge in [-0.25, -0.2) is 0 Å². The van der Waals surface area contributed by atoms with Gasteiger partial charge in [0.2, 0.25) is 0 Å². The molecular formula is C18H23N3O3. The highest BCUT2D eigenvalue weighted by molar-refractivity contribution is 5.78. The molecule has 128 valence electrons. The lowest BCUT2D eigenvalue weighted by Crippen LogP contribution is -2.49. The van der Waals surface area contributed by atoms with Crippen LogP contribution >= 0.6 is 0 Å². The number of amides is 1. The molecule has 3 rings (SSSR count). The highest BCUT2D eigenvalue weighted by Crippen LogP contribution is 2.22. The zero-order chi connectivity index (χ0) is 17.1. The molecule has 0 aliphatic carbocycles. The number of hydrogen-bond donors (Lipinski definition) is 0. The van der Waals surface area contributed by atoms with Gasteiger partial charge in [-0.05, 0) is 31.5 Å². The monoisotopic (exact) mass is 329 g/mol. The van der Waals surface area contributed by atoms with E-state index < -0.39 is 0 Å². The van der Waals surface area contributed by atoms with Crippen LogP contribution in [0, 0.1) is 0 Å². The summed E-state index contributed by atoms with van der Waals surface area (Å²) in [5.74, 6) is 0.679. The molecule has 2 atom stereocenters. The van der Waals surface area contributed by atoms with Crippen LogP contribution in [0.4, 0.5) is 0 Å². The summed E-state index contributed by atoms with van der Waals surface area (Å²) in [7, 11) is 1.89. The first kappa shape index (κ1) is 16.5. The summed E-state index contributed by atoms with van der Waals surface area (Å²) in [5, 5.41) is 4.16. The third-order valence-corrected chi connectivity index (χ3v) is 4.03. The van der Waals surface area contributed by atoms with Crippen molar-refractivity contribution in [3.63, 3.8) is 0 Å². The molecule has 2 aromatic rings. The number of ether oxygens (including phenoxy) is 2. The van der Waals surface area contributed by atoms with Gasteiger partial charge in [0.15, 0.2) is 6.61 Å². The van der Waals surface area contributed by atoms with E-state index >= 15 is 0 Å². The van der Waals surface area contributed by atoms with E-state index in [9.17, 15) is 4.79 Å². The maximum Gasteiger partial charge on any atom is 0.260 e. The van der Waals surface area contributed by atoms with Gasteiger partial charge in [-0.2, -0.15) is 5.10 Å². The fourth-order valence-electron chi connectivity index (χ4n) is 2.93. The second-order valence-corrected chi connectivity index (χ2v) is 6.27. The lowest BCUT2D eigenvalue weighted by atomic mass is 10.1. The van der Waals surface area contributed by atoms with Gasteiger partial charge in [0.05, 0.1) is 18.4 Å². The van der Waals surface area contributed by atoms with Crippen molar-refractivity contribution in [3.8, 4) is 16.9 Å². The first-order chi connectivity index (χ1) is 11.5. The summed E-state index contributed by atoms with van der Waals surface area (Å²) < 4.78 is 13.0. The Balaban J connectivity index is 1.55. The number of nitrogens with zero attached hydrogens (tertiary/aromatic N) is 3. The van der Waals surface area contributed by atoms with Crippen molar-refractivity contribution in [2.24, 2.45) is 7.05 Å². The minimum atomic E-state index is -0.00617. The maximum atomic E-state index is 12.3. The van der Waals surface area contributed by atoms with Crippen molar-refractivity contribution in [1.29, 1.82) is 0 Å². The lowest BCUT2D eigenvalue weighted by molar-refractivity contribution is -0.145. The van der Waals surface area contributed by atoms with Crippen LogP contribution in [0.3, 0.4) is 0 Å². The highest BCUT2D eigenvalue weighted by Gasteiger charge is 2.25. The second kappa shape index (κ2) is 7.05. The van der Waals surface area contributed by atoms with E-state index in [0.29, 0.717) is 18.8 Å². The van der Waals surface area contributed by atoms with Crippen molar-refractivity contribution in [3.05, 3.63) is 36.7 Å². The number of carbonyl (C=O) groups is 1. The molecule has 2 heterocycles. The Kier molecular flexibility index (Phi) is 4.85. The van der Waals surface area contributed by atoms with Gasteiger partial charge in [-0.3, -0.25) is 9.48 Å². The Morgan fingerprint density at radius 1 is 1.21 bits per heavy atom. The summed E-state index contributed by atoms with van der Waals surface area (Å²) in [5.41, 5.74) is 2.12. The van der Waals surface area contributed by atoms with Crippen molar-refractivity contribution in [2.75, 3.05) is 19.7 Å². The third-order valence-electron chi connectivity index (χ3n) is 4.03. The third kappa shape index (κ3) is 3.94. The maximum absolute atomic E-state index is 12.3. The summed E-state index contributed by atoms with van der Waals surface area (Å²) in [6.07, 6.45) is 3.91. The molecule has 1 fully saturated rings. The minimum Gasteiger partial charge on any atom is -0.484 e. The molecule has 6 heteroatoms. The van der Waals surface area contributed by atoms with Crippen LogP contribution in [0.1, 0.15) is 13.8 Å². The smallest absolute Gasteiger partial charge is 0.260 e. The first-order valence-corrected chi connectivity index (χ1v) is 8.16. The Morgan fingerprint density at radius 2 is 1.88 bits per heavy atom. The molecule has 0 N–H and O–H groups in total. The molecule has 24 heavy (non-hydrogen) atoms. The highest BCUT2D eigenvalue weighted by atomic mass is 16.5. The molecule has 0 bridgehead atoms. The normalized spacial score (nSPS) is 20.9. The number of aryl methyl sites for hydroxylation is 1. The molecule has 0 saturated carbocycles. The van der Waals surface area contributed by atoms with Crippen molar-refractivity contribution in [2.45, 2.75) is 26.1 Å². The number of hydrogen-bond acceptors (Lipinski definition) is 4. The zero-order valence-corrected chi connectivity index (χ0v) is 14.3. The van der Waals surface area contributed by atoms with Crippen molar-refractivity contribution in [1.82, 2.24) is 14.7 Å². The molecule has 6 nitrogen and oxygen atoms in total. The molecule has 1 amide bonds. The number of aromatic nitrogens is 2. The Hall–Kier alpha value is -2.34. The fraction of sp³-hybridized carbons (Fsp3) is 0.444. The van der Waals surface area contributed by atoms with Crippen LogP contribution in [0.2, 0.25) is 0 Å². The molecular weight excluding hydrogens is 306 g/mol. The summed E-state index contributed by atoms with van der Waals surface area (Å²) >= 11 is 0. The number of morpholine rings is 1. The quantitative estimate of drug-likeness (QED) is 0.862. The van der Waals surface area contributed by atoms with Gasteiger partial charge in [-0.15, -0.1) is 0 Å². The van der Waals surface area contributed by atoms with E-state index in [0.717, 1.165) is 11.1 Å². The number of benzene rings is 1. The summed E-state index contributed by atoms with van der Waals surface area (Å²) in [6, 6.07) is 7.69. The average molecular weight is 329 g/mol. The van der Waals surface area contributed by atoms with Crippen LogP contribution in [0.25, 0.3) is 11.1 Å². The van der Waals surface area contributed by atoms with Gasteiger partial charge in [0.25, 0.3) is 5.91 Å². The molecule has 0 radical (unpaired) electrons. The summed E-state index contributed by atoms with van der Waals surface area (Å²) in [4.78, 5) is 14.1. The molecule has 1 aliphatic heterocycles. The lowest BCUT2D eigenvalue weighted by Gasteiger charge is -2.35. The molecule has 0 spiro atoms. The standard InChI is InChI=1S/C18H23N3O3/c1-13-9-21(10-14(2)24-13)18(22)12-23-17-6-4-15(5-7-17)16-8-19-20(3)11-16/h4-8,11,13-14H,9-10,12H2,1-3H3. The fourth-order valence-corrected chi connectivity index (χ4v) is 2.93. The average Bonchev–Trinajstić information content (AvgIpc) is 2.98. The van der Waals surface area contributed by atoms with Gasteiger partial charge >= 0.3 is 0 Å². The van der Waals surface area contributed by atoms with Crippen LogP contribution in [-0.2, 0) is 16.6 Å². The molecule has 1 saturated heterocycles. The van der Waals surface area contributed by atoms with E-state index in [-0.39, 0.29) is 24.7 Å². The largest absolute Gasteiger partial charge is 0.484 e. The van der Waals surface area contributed by atoms with E-state index in [1.165, 1.54) is 0 Å². The van der Waals surface area contributed by atoms with Gasteiger partial charge in [0.1, 0.15) is 5.75 Å². The Labute approximate surface area is 142 Å². The molecule has 2 unspecified atom stereocenters. The van der Waals surface area contributed by atoms with Crippen molar-refractivity contribution < 1.29 is 14.3 Å². The van der Waals surface area contributed by atoms with E-state index in [1.807, 2.05) is 62.5 Å². The first-order valence-electron chi connectivity index (χ1n) is 8.16. The van der Waals surface area contributed by atoms with Gasteiger partial charge in [-0.1, -0.05) is 12.1 Å². The van der Waals surface area contributed by atoms with E-state index in [1.54, 1.807) is 4.68 Å². The summed E-state index contributed by atoms with van der Waals surface area (Å²) in [6.45, 7) is 5.24. The van der Waals surface area contributed by atoms with Crippen molar-refractivity contribution >= 4 is 5.91 Å². The van der Waals surface area contributed by atoms with Gasteiger partial charge in [0, 0.05) is 31.9 Å². The molecule has 1 aromatic carbocycles. The van der Waals surface area contributed by atoms with E-state index in [2.05, 4.69) is 5.10 Å². The number of rotatable bonds is 4. The minimum absolute atomic E-state index is 0.00617. The Bertz CT molecular complexity index is 686. The SMILES string of the molecule is CC1CN(C(=O)COc2ccc(-c3cnn(C)c3)cc2)CC(C)O1.